The van der Waals surface area contributed by atoms with E-state index in [0.717, 1.165) is 51.4 Å². The number of phenols is 2. The normalized spacial score (nSPS) is 12.2. The average Bonchev–Trinajstić information content (AvgIpc) is 3.05. The average molecular weight is 639 g/mol. The van der Waals surface area contributed by atoms with E-state index in [1.54, 1.807) is 24.3 Å². The van der Waals surface area contributed by atoms with Crippen molar-refractivity contribution in [3.8, 4) is 11.5 Å². The van der Waals surface area contributed by atoms with E-state index in [1.807, 2.05) is 13.8 Å². The van der Waals surface area contributed by atoms with E-state index in [1.165, 1.54) is 12.1 Å². The third-order valence-electron chi connectivity index (χ3n) is 8.28. The molecule has 2 unspecified atom stereocenters. The van der Waals surface area contributed by atoms with Crippen LogP contribution in [-0.2, 0) is 22.4 Å². The van der Waals surface area contributed by atoms with Crippen LogP contribution in [0.1, 0.15) is 137 Å². The molecule has 2 aromatic rings. The Labute approximate surface area is 274 Å². The Kier molecular flexibility index (Phi) is 17.3. The van der Waals surface area contributed by atoms with Crippen molar-refractivity contribution in [2.24, 2.45) is 11.8 Å². The molecule has 0 aliphatic carbocycles. The fourth-order valence-electron chi connectivity index (χ4n) is 5.51. The fourth-order valence-corrected chi connectivity index (χ4v) is 5.51. The molecular weight excluding hydrogens is 584 g/mol. The SMILES string of the molecule is CCCCCc1cccc(C(=O)NNC(=O)C(CCC)CC(CCCC)C(=O)NNC(=O)c2cccc(CCCCC)c2O)c1O. The number of unbranched alkanes of at least 4 members (excludes halogenated alkanes) is 5. The van der Waals surface area contributed by atoms with Crippen molar-refractivity contribution in [3.05, 3.63) is 58.7 Å². The molecule has 0 spiro atoms. The lowest BCUT2D eigenvalue weighted by Gasteiger charge is -2.23. The first-order chi connectivity index (χ1) is 22.2. The van der Waals surface area contributed by atoms with Crippen LogP contribution < -0.4 is 21.7 Å². The van der Waals surface area contributed by atoms with Gasteiger partial charge in [-0.1, -0.05) is 96.9 Å². The molecule has 0 aliphatic rings. The zero-order valence-electron chi connectivity index (χ0n) is 28.0. The predicted octanol–water partition coefficient (Wildman–Crippen LogP) is 6.40. The molecule has 254 valence electrons. The van der Waals surface area contributed by atoms with Gasteiger partial charge in [-0.3, -0.25) is 40.9 Å². The molecule has 0 fully saturated rings. The van der Waals surface area contributed by atoms with E-state index in [-0.39, 0.29) is 29.0 Å². The van der Waals surface area contributed by atoms with E-state index < -0.39 is 35.5 Å². The first kappa shape index (κ1) is 38.1. The number of aryl methyl sites for hydroxylation is 2. The quantitative estimate of drug-likeness (QED) is 0.0773. The topological polar surface area (TPSA) is 157 Å². The number of carbonyl (C=O) groups excluding carboxylic acids is 4. The van der Waals surface area contributed by atoms with Crippen LogP contribution in [0.25, 0.3) is 0 Å². The molecule has 0 aromatic heterocycles. The standard InChI is InChI=1S/C36H54N4O6/c1-5-9-12-18-25-20-14-22-29(31(25)41)35(45)39-37-33(43)27(16-8-4)24-28(17-11-7-3)34(44)38-40-36(46)30-23-15-21-26(32(30)42)19-13-10-6-2/h14-15,20-23,27-28,41-42H,5-13,16-19,24H2,1-4H3,(H,37,43)(H,38,44)(H,39,45)(H,40,46). The number of hydrazine groups is 2. The smallest absolute Gasteiger partial charge is 0.273 e. The summed E-state index contributed by atoms with van der Waals surface area (Å²) in [7, 11) is 0. The molecule has 46 heavy (non-hydrogen) atoms. The molecule has 10 heteroatoms. The van der Waals surface area contributed by atoms with E-state index in [9.17, 15) is 29.4 Å². The van der Waals surface area contributed by atoms with Crippen molar-refractivity contribution in [2.45, 2.75) is 118 Å². The van der Waals surface area contributed by atoms with Crippen LogP contribution in [0.2, 0.25) is 0 Å². The van der Waals surface area contributed by atoms with Crippen molar-refractivity contribution in [1.82, 2.24) is 21.7 Å². The number of para-hydroxylation sites is 2. The number of amides is 4. The lowest BCUT2D eigenvalue weighted by atomic mass is 9.87. The first-order valence-electron chi connectivity index (χ1n) is 17.0. The van der Waals surface area contributed by atoms with Gasteiger partial charge in [0.1, 0.15) is 11.5 Å². The summed E-state index contributed by atoms with van der Waals surface area (Å²) in [4.78, 5) is 52.3. The van der Waals surface area contributed by atoms with Crippen LogP contribution in [0, 0.1) is 11.8 Å². The highest BCUT2D eigenvalue weighted by Gasteiger charge is 2.28. The van der Waals surface area contributed by atoms with Crippen molar-refractivity contribution < 1.29 is 29.4 Å². The number of nitrogens with one attached hydrogen (secondary N) is 4. The van der Waals surface area contributed by atoms with Gasteiger partial charge in [0.05, 0.1) is 11.1 Å². The summed E-state index contributed by atoms with van der Waals surface area (Å²) >= 11 is 0. The summed E-state index contributed by atoms with van der Waals surface area (Å²) in [6, 6.07) is 10.0. The van der Waals surface area contributed by atoms with E-state index in [0.29, 0.717) is 43.2 Å². The van der Waals surface area contributed by atoms with Crippen molar-refractivity contribution in [2.75, 3.05) is 0 Å². The van der Waals surface area contributed by atoms with Crippen LogP contribution in [0.4, 0.5) is 0 Å². The Balaban J connectivity index is 2.05. The maximum Gasteiger partial charge on any atom is 0.273 e. The third-order valence-corrected chi connectivity index (χ3v) is 8.28. The van der Waals surface area contributed by atoms with Gasteiger partial charge < -0.3 is 10.2 Å². The molecular formula is C36H54N4O6. The fraction of sp³-hybridized carbons (Fsp3) is 0.556. The molecule has 0 radical (unpaired) electrons. The van der Waals surface area contributed by atoms with Gasteiger partial charge in [0.25, 0.3) is 11.8 Å². The monoisotopic (exact) mass is 638 g/mol. The van der Waals surface area contributed by atoms with Crippen molar-refractivity contribution in [1.29, 1.82) is 0 Å². The largest absolute Gasteiger partial charge is 0.507 e. The molecule has 4 amide bonds. The molecule has 0 bridgehead atoms. The number of benzene rings is 2. The second-order valence-electron chi connectivity index (χ2n) is 12.0. The van der Waals surface area contributed by atoms with E-state index in [4.69, 9.17) is 0 Å². The number of aromatic hydroxyl groups is 2. The number of carbonyl (C=O) groups is 4. The summed E-state index contributed by atoms with van der Waals surface area (Å²) < 4.78 is 0. The van der Waals surface area contributed by atoms with Gasteiger partial charge in [-0.25, -0.2) is 0 Å². The first-order valence-corrected chi connectivity index (χ1v) is 17.0. The minimum absolute atomic E-state index is 0.0785. The van der Waals surface area contributed by atoms with Gasteiger partial charge in [0.2, 0.25) is 11.8 Å². The summed E-state index contributed by atoms with van der Waals surface area (Å²) in [5, 5.41) is 21.3. The molecule has 0 saturated carbocycles. The van der Waals surface area contributed by atoms with Gasteiger partial charge in [0, 0.05) is 11.8 Å². The maximum absolute atomic E-state index is 13.3. The minimum atomic E-state index is -0.626. The highest BCUT2D eigenvalue weighted by Crippen LogP contribution is 2.26. The molecule has 6 N–H and O–H groups in total. The van der Waals surface area contributed by atoms with Crippen LogP contribution in [-0.4, -0.2) is 33.8 Å². The van der Waals surface area contributed by atoms with Crippen LogP contribution in [0.3, 0.4) is 0 Å². The molecule has 2 rings (SSSR count). The highest BCUT2D eigenvalue weighted by molar-refractivity contribution is 5.99. The second kappa shape index (κ2) is 20.9. The van der Waals surface area contributed by atoms with Crippen molar-refractivity contribution in [3.63, 3.8) is 0 Å². The van der Waals surface area contributed by atoms with Gasteiger partial charge in [-0.05, 0) is 68.2 Å². The Morgan fingerprint density at radius 1 is 0.565 bits per heavy atom. The van der Waals surface area contributed by atoms with Gasteiger partial charge in [-0.2, -0.15) is 0 Å². The van der Waals surface area contributed by atoms with Crippen molar-refractivity contribution >= 4 is 23.6 Å². The Hall–Kier alpha value is -4.08. The third kappa shape index (κ3) is 12.0. The Bertz CT molecular complexity index is 1280. The molecule has 2 atom stereocenters. The summed E-state index contributed by atoms with van der Waals surface area (Å²) in [6.07, 6.45) is 10.7. The van der Waals surface area contributed by atoms with E-state index >= 15 is 0 Å². The van der Waals surface area contributed by atoms with Crippen LogP contribution >= 0.6 is 0 Å². The second-order valence-corrected chi connectivity index (χ2v) is 12.0. The summed E-state index contributed by atoms with van der Waals surface area (Å²) in [5.74, 6) is -3.45. The number of hydrogen-bond acceptors (Lipinski definition) is 6. The number of rotatable bonds is 19. The zero-order chi connectivity index (χ0) is 33.9. The van der Waals surface area contributed by atoms with E-state index in [2.05, 4.69) is 35.6 Å². The summed E-state index contributed by atoms with van der Waals surface area (Å²) in [6.45, 7) is 8.13. The van der Waals surface area contributed by atoms with Crippen LogP contribution in [0.5, 0.6) is 11.5 Å². The molecule has 0 aliphatic heterocycles. The number of hydrogen-bond donors (Lipinski definition) is 6. The predicted molar refractivity (Wildman–Crippen MR) is 180 cm³/mol. The summed E-state index contributed by atoms with van der Waals surface area (Å²) in [5.41, 5.74) is 11.4. The number of phenolic OH excluding ortho intramolecular Hbond substituents is 2. The lowest BCUT2D eigenvalue weighted by molar-refractivity contribution is -0.129. The molecule has 2 aromatic carbocycles. The van der Waals surface area contributed by atoms with Gasteiger partial charge in [0.15, 0.2) is 0 Å². The Morgan fingerprint density at radius 2 is 1.00 bits per heavy atom. The highest BCUT2D eigenvalue weighted by atomic mass is 16.3. The molecule has 10 nitrogen and oxygen atoms in total. The Morgan fingerprint density at radius 3 is 1.41 bits per heavy atom. The van der Waals surface area contributed by atoms with Crippen LogP contribution in [0.15, 0.2) is 36.4 Å². The zero-order valence-corrected chi connectivity index (χ0v) is 28.0. The molecule has 0 heterocycles. The molecule has 0 saturated heterocycles. The van der Waals surface area contributed by atoms with Gasteiger partial charge >= 0.3 is 0 Å². The minimum Gasteiger partial charge on any atom is -0.507 e. The lowest BCUT2D eigenvalue weighted by Crippen LogP contribution is -2.47. The van der Waals surface area contributed by atoms with Gasteiger partial charge in [-0.15, -0.1) is 0 Å². The maximum atomic E-state index is 13.3.